The van der Waals surface area contributed by atoms with Gasteiger partial charge < -0.3 is 10.5 Å². The van der Waals surface area contributed by atoms with Crippen molar-refractivity contribution in [1.82, 2.24) is 0 Å². The van der Waals surface area contributed by atoms with E-state index in [0.717, 1.165) is 12.1 Å². The first-order valence-corrected chi connectivity index (χ1v) is 9.10. The summed E-state index contributed by atoms with van der Waals surface area (Å²) < 4.78 is 62.9. The van der Waals surface area contributed by atoms with Crippen LogP contribution in [0.25, 0.3) is 0 Å². The number of nitrogen functional groups attached to an aromatic ring is 1. The van der Waals surface area contributed by atoms with Gasteiger partial charge in [0.15, 0.2) is 0 Å². The van der Waals surface area contributed by atoms with E-state index in [1.807, 2.05) is 0 Å². The monoisotopic (exact) mass is 358 g/mol. The first-order chi connectivity index (χ1) is 10.6. The highest BCUT2D eigenvalue weighted by Crippen LogP contribution is 2.26. The van der Waals surface area contributed by atoms with E-state index in [1.54, 1.807) is 0 Å². The molecule has 0 heterocycles. The number of sulfonamides is 1. The van der Waals surface area contributed by atoms with Crippen molar-refractivity contribution in [3.63, 3.8) is 0 Å². The topological polar surface area (TPSA) is 136 Å². The minimum Gasteiger partial charge on any atom is -0.495 e. The van der Waals surface area contributed by atoms with Crippen LogP contribution in [0.3, 0.4) is 0 Å². The molecule has 2 aromatic rings. The summed E-state index contributed by atoms with van der Waals surface area (Å²) in [6.07, 6.45) is 0. The Balaban J connectivity index is 2.37. The second-order valence-corrected chi connectivity index (χ2v) is 7.62. The van der Waals surface area contributed by atoms with Gasteiger partial charge in [0.1, 0.15) is 5.75 Å². The van der Waals surface area contributed by atoms with Crippen molar-refractivity contribution >= 4 is 31.5 Å². The number of rotatable bonds is 5. The largest absolute Gasteiger partial charge is 0.495 e. The summed E-state index contributed by atoms with van der Waals surface area (Å²) in [6, 6.07) is 8.69. The molecule has 2 aromatic carbocycles. The lowest BCUT2D eigenvalue weighted by atomic mass is 10.3. The summed E-state index contributed by atoms with van der Waals surface area (Å²) >= 11 is 0. The molecule has 23 heavy (non-hydrogen) atoms. The van der Waals surface area contributed by atoms with Gasteiger partial charge in [0.05, 0.1) is 28.3 Å². The number of hydrogen-bond acceptors (Lipinski definition) is 6. The maximum atomic E-state index is 12.3. The van der Waals surface area contributed by atoms with E-state index in [1.165, 1.54) is 37.4 Å². The van der Waals surface area contributed by atoms with Crippen molar-refractivity contribution in [2.24, 2.45) is 0 Å². The maximum Gasteiger partial charge on any atom is 0.294 e. The maximum absolute atomic E-state index is 12.3. The van der Waals surface area contributed by atoms with Crippen molar-refractivity contribution in [2.75, 3.05) is 17.6 Å². The van der Waals surface area contributed by atoms with E-state index in [2.05, 4.69) is 4.72 Å². The van der Waals surface area contributed by atoms with Crippen molar-refractivity contribution in [1.29, 1.82) is 0 Å². The number of ether oxygens (including phenoxy) is 1. The molecule has 0 aromatic heterocycles. The zero-order valence-corrected chi connectivity index (χ0v) is 13.6. The van der Waals surface area contributed by atoms with Crippen molar-refractivity contribution in [3.05, 3.63) is 42.5 Å². The lowest BCUT2D eigenvalue weighted by molar-refractivity contribution is 0.416. The molecular weight excluding hydrogens is 344 g/mol. The highest BCUT2D eigenvalue weighted by Gasteiger charge is 2.17. The van der Waals surface area contributed by atoms with Crippen LogP contribution in [-0.4, -0.2) is 28.5 Å². The minimum absolute atomic E-state index is 0.0190. The number of benzene rings is 2. The Labute approximate surface area is 133 Å². The molecule has 0 saturated carbocycles. The molecule has 0 amide bonds. The second kappa shape index (κ2) is 6.07. The first kappa shape index (κ1) is 17.1. The number of hydrogen-bond donors (Lipinski definition) is 3. The predicted molar refractivity (Wildman–Crippen MR) is 84.5 cm³/mol. The Morgan fingerprint density at radius 3 is 2.30 bits per heavy atom. The first-order valence-electron chi connectivity index (χ1n) is 6.17. The summed E-state index contributed by atoms with van der Waals surface area (Å²) in [5.41, 5.74) is 5.80. The SMILES string of the molecule is COc1ccc(S(=O)(=O)Nc2cccc(S(=O)(=O)O)c2)cc1N. The Hall–Kier alpha value is -2.30. The fraction of sp³-hybridized carbons (Fsp3) is 0.0769. The lowest BCUT2D eigenvalue weighted by Gasteiger charge is -2.11. The predicted octanol–water partition coefficient (Wildman–Crippen LogP) is 1.32. The zero-order chi connectivity index (χ0) is 17.3. The third kappa shape index (κ3) is 3.92. The van der Waals surface area contributed by atoms with E-state index in [9.17, 15) is 16.8 Å². The molecule has 0 aliphatic rings. The van der Waals surface area contributed by atoms with Gasteiger partial charge in [-0.2, -0.15) is 8.42 Å². The van der Waals surface area contributed by atoms with Gasteiger partial charge in [0.2, 0.25) is 0 Å². The highest BCUT2D eigenvalue weighted by atomic mass is 32.2. The molecule has 0 saturated heterocycles. The normalized spacial score (nSPS) is 11.9. The Bertz CT molecular complexity index is 939. The van der Waals surface area contributed by atoms with Gasteiger partial charge in [-0.05, 0) is 36.4 Å². The molecule has 4 N–H and O–H groups in total. The molecule has 0 atom stereocenters. The summed E-state index contributed by atoms with van der Waals surface area (Å²) in [6.45, 7) is 0. The van der Waals surface area contributed by atoms with Crippen molar-refractivity contribution in [3.8, 4) is 5.75 Å². The van der Waals surface area contributed by atoms with Gasteiger partial charge in [0, 0.05) is 0 Å². The van der Waals surface area contributed by atoms with E-state index >= 15 is 0 Å². The minimum atomic E-state index is -4.43. The molecule has 0 radical (unpaired) electrons. The third-order valence-corrected chi connectivity index (χ3v) is 5.12. The van der Waals surface area contributed by atoms with E-state index < -0.39 is 25.0 Å². The number of methoxy groups -OCH3 is 1. The fourth-order valence-electron chi connectivity index (χ4n) is 1.81. The molecule has 0 aliphatic heterocycles. The standard InChI is InChI=1S/C13H14N2O6S2/c1-21-13-6-5-10(8-12(13)14)22(16,17)15-9-3-2-4-11(7-9)23(18,19)20/h2-8,15H,14H2,1H3,(H,18,19,20). The number of anilines is 2. The van der Waals surface area contributed by atoms with Crippen LogP contribution < -0.4 is 15.2 Å². The molecule has 8 nitrogen and oxygen atoms in total. The summed E-state index contributed by atoms with van der Waals surface area (Å²) in [5.74, 6) is 0.331. The average Bonchev–Trinajstić information content (AvgIpc) is 2.46. The average molecular weight is 358 g/mol. The van der Waals surface area contributed by atoms with Crippen LogP contribution in [0, 0.1) is 0 Å². The Kier molecular flexibility index (Phi) is 4.50. The van der Waals surface area contributed by atoms with Crippen molar-refractivity contribution < 1.29 is 26.1 Å². The van der Waals surface area contributed by atoms with Gasteiger partial charge in [-0.1, -0.05) is 6.07 Å². The molecule has 0 fully saturated rings. The molecule has 124 valence electrons. The molecular formula is C13H14N2O6S2. The summed E-state index contributed by atoms with van der Waals surface area (Å²) in [5, 5.41) is 0. The van der Waals surface area contributed by atoms with Crippen LogP contribution in [-0.2, 0) is 20.1 Å². The highest BCUT2D eigenvalue weighted by molar-refractivity contribution is 7.92. The molecule has 0 unspecified atom stereocenters. The Morgan fingerprint density at radius 1 is 1.04 bits per heavy atom. The van der Waals surface area contributed by atoms with Crippen molar-refractivity contribution in [2.45, 2.75) is 9.79 Å². The fourth-order valence-corrected chi connectivity index (χ4v) is 3.42. The quantitative estimate of drug-likeness (QED) is 0.542. The number of nitrogens with two attached hydrogens (primary N) is 1. The van der Waals surface area contributed by atoms with E-state index in [0.29, 0.717) is 5.75 Å². The second-order valence-electron chi connectivity index (χ2n) is 4.51. The lowest BCUT2D eigenvalue weighted by Crippen LogP contribution is -2.13. The molecule has 0 spiro atoms. The molecule has 0 bridgehead atoms. The van der Waals surface area contributed by atoms with Crippen LogP contribution in [0.4, 0.5) is 11.4 Å². The number of nitrogens with one attached hydrogen (secondary N) is 1. The van der Waals surface area contributed by atoms with Gasteiger partial charge in [-0.15, -0.1) is 0 Å². The third-order valence-electron chi connectivity index (χ3n) is 2.90. The molecule has 10 heteroatoms. The summed E-state index contributed by atoms with van der Waals surface area (Å²) in [7, 11) is -7.02. The molecule has 2 rings (SSSR count). The smallest absolute Gasteiger partial charge is 0.294 e. The van der Waals surface area contributed by atoms with Crippen LogP contribution in [0.15, 0.2) is 52.3 Å². The van der Waals surface area contributed by atoms with Gasteiger partial charge >= 0.3 is 0 Å². The van der Waals surface area contributed by atoms with Gasteiger partial charge in [-0.3, -0.25) is 9.27 Å². The zero-order valence-electron chi connectivity index (χ0n) is 11.9. The van der Waals surface area contributed by atoms with E-state index in [4.69, 9.17) is 15.0 Å². The Morgan fingerprint density at radius 2 is 1.74 bits per heavy atom. The van der Waals surface area contributed by atoms with Crippen LogP contribution in [0.2, 0.25) is 0 Å². The van der Waals surface area contributed by atoms with Gasteiger partial charge in [0.25, 0.3) is 20.1 Å². The van der Waals surface area contributed by atoms with Crippen LogP contribution >= 0.6 is 0 Å². The molecule has 0 aliphatic carbocycles. The summed E-state index contributed by atoms with van der Waals surface area (Å²) in [4.78, 5) is -0.542. The van der Waals surface area contributed by atoms with Gasteiger partial charge in [-0.25, -0.2) is 8.42 Å². The van der Waals surface area contributed by atoms with Crippen LogP contribution in [0.5, 0.6) is 5.75 Å². The van der Waals surface area contributed by atoms with E-state index in [-0.39, 0.29) is 16.3 Å². The van der Waals surface area contributed by atoms with Crippen LogP contribution in [0.1, 0.15) is 0 Å².